The van der Waals surface area contributed by atoms with Gasteiger partial charge in [0.15, 0.2) is 17.3 Å². The van der Waals surface area contributed by atoms with Gasteiger partial charge in [-0.2, -0.15) is 0 Å². The number of hydrogen-bond acceptors (Lipinski definition) is 7. The summed E-state index contributed by atoms with van der Waals surface area (Å²) < 4.78 is 27.6. The minimum absolute atomic E-state index is 0.194. The van der Waals surface area contributed by atoms with Gasteiger partial charge in [-0.15, -0.1) is 0 Å². The topological polar surface area (TPSA) is 83.9 Å². The van der Waals surface area contributed by atoms with Crippen molar-refractivity contribution in [1.29, 1.82) is 0 Å². The molecule has 0 saturated heterocycles. The third-order valence-corrected chi connectivity index (χ3v) is 4.70. The minimum Gasteiger partial charge on any atom is -0.486 e. The lowest BCUT2D eigenvalue weighted by atomic mass is 10.1. The molecular weight excluding hydrogens is 374 g/mol. The molecule has 146 valence electrons. The normalized spacial score (nSPS) is 12.9. The second-order valence-corrected chi connectivity index (χ2v) is 6.73. The maximum Gasteiger partial charge on any atom is 0.336 e. The van der Waals surface area contributed by atoms with Gasteiger partial charge in [-0.1, -0.05) is 5.16 Å². The minimum atomic E-state index is -0.383. The summed E-state index contributed by atoms with van der Waals surface area (Å²) in [5, 5.41) is 4.98. The molecule has 0 amide bonds. The van der Waals surface area contributed by atoms with Gasteiger partial charge in [0.1, 0.15) is 36.8 Å². The first-order valence-electron chi connectivity index (χ1n) is 9.19. The van der Waals surface area contributed by atoms with E-state index in [0.29, 0.717) is 41.7 Å². The van der Waals surface area contributed by atoms with Crippen molar-refractivity contribution >= 4 is 11.0 Å². The average Bonchev–Trinajstić information content (AvgIpc) is 3.20. The van der Waals surface area contributed by atoms with Crippen molar-refractivity contribution in [3.63, 3.8) is 0 Å². The van der Waals surface area contributed by atoms with Crippen LogP contribution in [0.2, 0.25) is 0 Å². The first-order chi connectivity index (χ1) is 14.2. The molecule has 4 aromatic rings. The lowest BCUT2D eigenvalue weighted by Gasteiger charge is -2.18. The van der Waals surface area contributed by atoms with Crippen LogP contribution in [0.25, 0.3) is 22.2 Å². The van der Waals surface area contributed by atoms with Crippen LogP contribution in [-0.2, 0) is 6.61 Å². The van der Waals surface area contributed by atoms with E-state index in [0.717, 1.165) is 22.3 Å². The van der Waals surface area contributed by atoms with Gasteiger partial charge >= 0.3 is 5.63 Å². The first kappa shape index (κ1) is 17.4. The summed E-state index contributed by atoms with van der Waals surface area (Å²) in [4.78, 5) is 11.6. The van der Waals surface area contributed by atoms with E-state index in [4.69, 9.17) is 23.2 Å². The molecule has 1 aliphatic rings. The van der Waals surface area contributed by atoms with Gasteiger partial charge in [0.05, 0.1) is 0 Å². The highest BCUT2D eigenvalue weighted by Gasteiger charge is 2.15. The predicted octanol–water partition coefficient (Wildman–Crippen LogP) is 4.11. The Morgan fingerprint density at radius 2 is 1.86 bits per heavy atom. The molecule has 0 saturated carbocycles. The van der Waals surface area contributed by atoms with E-state index in [1.165, 1.54) is 6.07 Å². The third-order valence-electron chi connectivity index (χ3n) is 4.70. The number of fused-ring (bicyclic) bond motifs is 2. The first-order valence-corrected chi connectivity index (χ1v) is 9.19. The van der Waals surface area contributed by atoms with Crippen LogP contribution in [-0.4, -0.2) is 18.4 Å². The van der Waals surface area contributed by atoms with Gasteiger partial charge in [-0.05, 0) is 42.8 Å². The Balaban J connectivity index is 1.33. The quantitative estimate of drug-likeness (QED) is 0.484. The zero-order valence-electron chi connectivity index (χ0n) is 15.6. The third kappa shape index (κ3) is 3.42. The number of benzene rings is 2. The van der Waals surface area contributed by atoms with Crippen LogP contribution < -0.4 is 19.8 Å². The van der Waals surface area contributed by atoms with Crippen LogP contribution in [0.1, 0.15) is 11.3 Å². The van der Waals surface area contributed by atoms with E-state index in [1.54, 1.807) is 6.07 Å². The van der Waals surface area contributed by atoms with E-state index in [-0.39, 0.29) is 12.2 Å². The highest BCUT2D eigenvalue weighted by Crippen LogP contribution is 2.34. The van der Waals surface area contributed by atoms with Gasteiger partial charge in [-0.25, -0.2) is 4.79 Å². The number of aryl methyl sites for hydroxylation is 1. The number of nitrogens with zero attached hydrogens (tertiary/aromatic N) is 1. The summed E-state index contributed by atoms with van der Waals surface area (Å²) in [5.41, 5.74) is 2.52. The lowest BCUT2D eigenvalue weighted by Crippen LogP contribution is -2.15. The zero-order valence-corrected chi connectivity index (χ0v) is 15.6. The highest BCUT2D eigenvalue weighted by atomic mass is 16.6. The number of hydrogen-bond donors (Lipinski definition) is 0. The molecule has 0 bridgehead atoms. The molecule has 3 heterocycles. The average molecular weight is 391 g/mol. The molecule has 0 fully saturated rings. The molecule has 0 spiro atoms. The van der Waals surface area contributed by atoms with Crippen molar-refractivity contribution in [2.75, 3.05) is 13.2 Å². The second-order valence-electron chi connectivity index (χ2n) is 6.73. The largest absolute Gasteiger partial charge is 0.486 e. The Morgan fingerprint density at radius 1 is 1.00 bits per heavy atom. The highest BCUT2D eigenvalue weighted by molar-refractivity contribution is 5.81. The second kappa shape index (κ2) is 7.01. The molecule has 1 aliphatic heterocycles. The Kier molecular flexibility index (Phi) is 4.20. The van der Waals surface area contributed by atoms with Crippen molar-refractivity contribution in [3.8, 4) is 28.5 Å². The fourth-order valence-corrected chi connectivity index (χ4v) is 3.27. The molecular formula is C22H17NO6. The molecule has 0 aliphatic carbocycles. The van der Waals surface area contributed by atoms with Crippen molar-refractivity contribution < 1.29 is 23.2 Å². The maximum atomic E-state index is 11.6. The van der Waals surface area contributed by atoms with E-state index in [1.807, 2.05) is 43.3 Å². The Morgan fingerprint density at radius 3 is 2.76 bits per heavy atom. The molecule has 0 N–H and O–H groups in total. The molecule has 5 rings (SSSR count). The van der Waals surface area contributed by atoms with E-state index in [9.17, 15) is 4.79 Å². The van der Waals surface area contributed by atoms with Gasteiger partial charge in [0.2, 0.25) is 0 Å². The molecule has 29 heavy (non-hydrogen) atoms. The lowest BCUT2D eigenvalue weighted by molar-refractivity contribution is 0.171. The van der Waals surface area contributed by atoms with E-state index < -0.39 is 0 Å². The summed E-state index contributed by atoms with van der Waals surface area (Å²) in [5.74, 6) is 2.57. The van der Waals surface area contributed by atoms with Crippen LogP contribution in [0.15, 0.2) is 62.3 Å². The Bertz CT molecular complexity index is 1260. The van der Waals surface area contributed by atoms with Gasteiger partial charge in [-0.3, -0.25) is 0 Å². The number of ether oxygens (including phenoxy) is 3. The Hall–Kier alpha value is -3.74. The van der Waals surface area contributed by atoms with E-state index in [2.05, 4.69) is 5.16 Å². The molecule has 2 aromatic heterocycles. The van der Waals surface area contributed by atoms with Crippen molar-refractivity contribution in [3.05, 3.63) is 70.3 Å². The summed E-state index contributed by atoms with van der Waals surface area (Å²) in [7, 11) is 0. The van der Waals surface area contributed by atoms with Crippen LogP contribution >= 0.6 is 0 Å². The molecule has 7 heteroatoms. The standard InChI is InChI=1S/C22H17NO6/c1-13-8-22(24)28-20-11-15(3-4-17(13)20)27-12-16-10-18(23-29-16)14-2-5-19-21(9-14)26-7-6-25-19/h2-5,8-11H,6-7,12H2,1H3. The van der Waals surface area contributed by atoms with Gasteiger partial charge < -0.3 is 23.2 Å². The fraction of sp³-hybridized carbons (Fsp3) is 0.182. The van der Waals surface area contributed by atoms with Gasteiger partial charge in [0, 0.05) is 29.1 Å². The maximum absolute atomic E-state index is 11.6. The molecule has 0 unspecified atom stereocenters. The monoisotopic (exact) mass is 391 g/mol. The zero-order chi connectivity index (χ0) is 19.8. The van der Waals surface area contributed by atoms with Crippen LogP contribution in [0.5, 0.6) is 17.2 Å². The summed E-state index contributed by atoms with van der Waals surface area (Å²) in [6.07, 6.45) is 0. The fourth-order valence-electron chi connectivity index (χ4n) is 3.27. The van der Waals surface area contributed by atoms with Crippen molar-refractivity contribution in [2.24, 2.45) is 0 Å². The molecule has 0 atom stereocenters. The summed E-state index contributed by atoms with van der Waals surface area (Å²) >= 11 is 0. The molecule has 7 nitrogen and oxygen atoms in total. The predicted molar refractivity (Wildman–Crippen MR) is 104 cm³/mol. The number of rotatable bonds is 4. The Labute approximate surface area is 165 Å². The van der Waals surface area contributed by atoms with Crippen molar-refractivity contribution in [1.82, 2.24) is 5.16 Å². The molecule has 2 aromatic carbocycles. The van der Waals surface area contributed by atoms with Crippen LogP contribution in [0, 0.1) is 6.92 Å². The number of aromatic nitrogens is 1. The van der Waals surface area contributed by atoms with Gasteiger partial charge in [0.25, 0.3) is 0 Å². The van der Waals surface area contributed by atoms with E-state index >= 15 is 0 Å². The molecule has 0 radical (unpaired) electrons. The van der Waals surface area contributed by atoms with Crippen LogP contribution in [0.4, 0.5) is 0 Å². The summed E-state index contributed by atoms with van der Waals surface area (Å²) in [6.45, 7) is 3.14. The smallest absolute Gasteiger partial charge is 0.336 e. The summed E-state index contributed by atoms with van der Waals surface area (Å²) in [6, 6.07) is 14.3. The van der Waals surface area contributed by atoms with Crippen molar-refractivity contribution in [2.45, 2.75) is 13.5 Å². The SMILES string of the molecule is Cc1cc(=O)oc2cc(OCc3cc(-c4ccc5c(c4)OCCO5)no3)ccc12. The van der Waals surface area contributed by atoms with Crippen LogP contribution in [0.3, 0.4) is 0 Å².